The van der Waals surface area contributed by atoms with Gasteiger partial charge in [0.15, 0.2) is 0 Å². The number of carboxylic acids is 2. The minimum absolute atomic E-state index is 0.0187. The number of nitrogens with zero attached hydrogens (tertiary/aromatic N) is 5. The molecule has 0 amide bonds. The van der Waals surface area contributed by atoms with E-state index in [1.165, 1.54) is 30.5 Å². The van der Waals surface area contributed by atoms with Crippen LogP contribution in [-0.2, 0) is 7.05 Å². The zero-order chi connectivity index (χ0) is 28.7. The molecule has 6 rings (SSSR count). The van der Waals surface area contributed by atoms with E-state index in [0.717, 1.165) is 38.2 Å². The molecule has 10 nitrogen and oxygen atoms in total. The fourth-order valence-corrected chi connectivity index (χ4v) is 5.38. The smallest absolute Gasteiger partial charge is 0.335 e. The van der Waals surface area contributed by atoms with Gasteiger partial charge in [0.1, 0.15) is 17.3 Å². The van der Waals surface area contributed by atoms with Crippen LogP contribution < -0.4 is 0 Å². The van der Waals surface area contributed by atoms with Crippen LogP contribution in [-0.4, -0.2) is 46.7 Å². The zero-order valence-electron chi connectivity index (χ0n) is 21.8. The van der Waals surface area contributed by atoms with Crippen LogP contribution >= 0.6 is 11.3 Å². The molecule has 2 N–H and O–H groups in total. The molecule has 0 radical (unpaired) electrons. The molecule has 0 aliphatic rings. The van der Waals surface area contributed by atoms with Crippen molar-refractivity contribution in [3.63, 3.8) is 0 Å². The summed E-state index contributed by atoms with van der Waals surface area (Å²) in [4.78, 5) is 42.9. The van der Waals surface area contributed by atoms with Gasteiger partial charge in [0, 0.05) is 36.7 Å². The number of furan rings is 1. The van der Waals surface area contributed by atoms with E-state index < -0.39 is 11.9 Å². The number of thiophene rings is 1. The lowest BCUT2D eigenvalue weighted by molar-refractivity contribution is 0.0686. The summed E-state index contributed by atoms with van der Waals surface area (Å²) < 4.78 is 8.01. The van der Waals surface area contributed by atoms with E-state index in [4.69, 9.17) is 4.42 Å². The van der Waals surface area contributed by atoms with Gasteiger partial charge in [-0.25, -0.2) is 19.6 Å². The Bertz CT molecular complexity index is 1950. The summed E-state index contributed by atoms with van der Waals surface area (Å²) in [5.41, 5.74) is 3.05. The fraction of sp³-hybridized carbons (Fsp3) is 0.0667. The Morgan fingerprint density at radius 2 is 1.44 bits per heavy atom. The van der Waals surface area contributed by atoms with E-state index in [1.54, 1.807) is 23.7 Å². The number of aryl methyl sites for hydroxylation is 2. The number of pyridine rings is 3. The third-order valence-corrected chi connectivity index (χ3v) is 7.63. The third-order valence-electron chi connectivity index (χ3n) is 6.48. The molecule has 6 heterocycles. The van der Waals surface area contributed by atoms with Gasteiger partial charge in [-0.2, -0.15) is 0 Å². The molecule has 0 fully saturated rings. The maximum atomic E-state index is 11.9. The van der Waals surface area contributed by atoms with Gasteiger partial charge in [-0.1, -0.05) is 0 Å². The molecule has 0 saturated heterocycles. The minimum Gasteiger partial charge on any atom is -0.478 e. The summed E-state index contributed by atoms with van der Waals surface area (Å²) in [7, 11) is 1.94. The lowest BCUT2D eigenvalue weighted by atomic mass is 10.1. The summed E-state index contributed by atoms with van der Waals surface area (Å²) >= 11 is 1.55. The number of rotatable bonds is 7. The highest BCUT2D eigenvalue weighted by atomic mass is 32.1. The summed E-state index contributed by atoms with van der Waals surface area (Å²) in [6, 6.07) is 15.2. The maximum absolute atomic E-state index is 11.9. The summed E-state index contributed by atoms with van der Waals surface area (Å²) in [6.07, 6.45) is 6.62. The molecule has 6 aromatic rings. The van der Waals surface area contributed by atoms with Gasteiger partial charge < -0.3 is 19.2 Å². The van der Waals surface area contributed by atoms with Crippen molar-refractivity contribution >= 4 is 23.3 Å². The van der Waals surface area contributed by atoms with Crippen LogP contribution in [0, 0.1) is 6.92 Å². The van der Waals surface area contributed by atoms with Crippen LogP contribution in [0.15, 0.2) is 83.8 Å². The maximum Gasteiger partial charge on any atom is 0.335 e. The topological polar surface area (TPSA) is 144 Å². The normalized spacial score (nSPS) is 11.1. The number of hydrogen-bond donors (Lipinski definition) is 2. The predicted octanol–water partition coefficient (Wildman–Crippen LogP) is 6.30. The molecular weight excluding hydrogens is 542 g/mol. The number of carbonyl (C=O) groups is 2. The number of hydrogen-bond acceptors (Lipinski definition) is 8. The van der Waals surface area contributed by atoms with Gasteiger partial charge in [0.2, 0.25) is 0 Å². The SMILES string of the molecule is Cc1oc(-c2ccc(-c3ccnc(-c4cc(C(=O)O)cc(-c5cc(C(=O)O)ccn5)n4)c3)s2)cc1-c1nccn1C. The lowest BCUT2D eigenvalue weighted by Crippen LogP contribution is -2.02. The lowest BCUT2D eigenvalue weighted by Gasteiger charge is -2.08. The third kappa shape index (κ3) is 5.01. The van der Waals surface area contributed by atoms with Crippen molar-refractivity contribution in [2.24, 2.45) is 7.05 Å². The summed E-state index contributed by atoms with van der Waals surface area (Å²) in [5.74, 6) is 0.0718. The molecule has 202 valence electrons. The molecule has 0 aliphatic carbocycles. The highest BCUT2D eigenvalue weighted by Crippen LogP contribution is 2.38. The molecular formula is C30H21N5O5S. The van der Waals surface area contributed by atoms with Crippen LogP contribution in [0.1, 0.15) is 26.5 Å². The molecule has 6 aromatic heterocycles. The fourth-order valence-electron chi connectivity index (χ4n) is 4.42. The van der Waals surface area contributed by atoms with Gasteiger partial charge in [0.25, 0.3) is 0 Å². The second-order valence-electron chi connectivity index (χ2n) is 9.20. The van der Waals surface area contributed by atoms with Crippen molar-refractivity contribution in [1.29, 1.82) is 0 Å². The molecule has 0 spiro atoms. The van der Waals surface area contributed by atoms with Gasteiger partial charge >= 0.3 is 11.9 Å². The predicted molar refractivity (Wildman–Crippen MR) is 153 cm³/mol. The molecule has 0 aromatic carbocycles. The largest absolute Gasteiger partial charge is 0.478 e. The highest BCUT2D eigenvalue weighted by Gasteiger charge is 2.18. The van der Waals surface area contributed by atoms with Crippen molar-refractivity contribution in [2.45, 2.75) is 6.92 Å². The van der Waals surface area contributed by atoms with E-state index in [-0.39, 0.29) is 22.5 Å². The van der Waals surface area contributed by atoms with Crippen LogP contribution in [0.5, 0.6) is 0 Å². The average Bonchev–Trinajstić information content (AvgIpc) is 3.73. The molecule has 11 heteroatoms. The first-order valence-electron chi connectivity index (χ1n) is 12.4. The van der Waals surface area contributed by atoms with Gasteiger partial charge in [0.05, 0.1) is 44.3 Å². The number of aromatic nitrogens is 5. The Morgan fingerprint density at radius 3 is 2.12 bits per heavy atom. The number of aromatic carboxylic acids is 2. The Labute approximate surface area is 237 Å². The van der Waals surface area contributed by atoms with E-state index in [9.17, 15) is 19.8 Å². The van der Waals surface area contributed by atoms with Gasteiger partial charge in [-0.05, 0) is 67.1 Å². The number of imidazole rings is 1. The standard InChI is InChI=1S/C30H21N5O5S/c1-16-20(28-33-9-10-35(28)2)15-25(40-16)27-4-3-26(41-27)17-5-7-31-21(11-17)23-13-19(30(38)39)14-24(34-23)22-12-18(29(36)37)6-8-32-22/h3-15H,1-2H3,(H,36,37)(H,38,39). The van der Waals surface area contributed by atoms with Crippen LogP contribution in [0.4, 0.5) is 0 Å². The molecule has 41 heavy (non-hydrogen) atoms. The van der Waals surface area contributed by atoms with Crippen molar-refractivity contribution in [1.82, 2.24) is 24.5 Å². The highest BCUT2D eigenvalue weighted by molar-refractivity contribution is 7.18. The second kappa shape index (κ2) is 10.3. The summed E-state index contributed by atoms with van der Waals surface area (Å²) in [6.45, 7) is 1.91. The average molecular weight is 564 g/mol. The first-order chi connectivity index (χ1) is 19.8. The molecule has 0 unspecified atom stereocenters. The summed E-state index contributed by atoms with van der Waals surface area (Å²) in [5, 5.41) is 19.1. The minimum atomic E-state index is -1.15. The first-order valence-corrected chi connectivity index (χ1v) is 13.2. The Kier molecular flexibility index (Phi) is 6.48. The quantitative estimate of drug-likeness (QED) is 0.229. The van der Waals surface area contributed by atoms with E-state index in [2.05, 4.69) is 19.9 Å². The van der Waals surface area contributed by atoms with Crippen molar-refractivity contribution in [2.75, 3.05) is 0 Å². The van der Waals surface area contributed by atoms with Crippen molar-refractivity contribution in [3.05, 3.63) is 96.3 Å². The van der Waals surface area contributed by atoms with Crippen molar-refractivity contribution in [3.8, 4) is 55.2 Å². The monoisotopic (exact) mass is 563 g/mol. The molecule has 0 bridgehead atoms. The Balaban J connectivity index is 1.36. The molecule has 0 atom stereocenters. The van der Waals surface area contributed by atoms with Crippen molar-refractivity contribution < 1.29 is 24.2 Å². The van der Waals surface area contributed by atoms with E-state index >= 15 is 0 Å². The van der Waals surface area contributed by atoms with Crippen LogP contribution in [0.3, 0.4) is 0 Å². The molecule has 0 aliphatic heterocycles. The Morgan fingerprint density at radius 1 is 0.780 bits per heavy atom. The molecule has 0 saturated carbocycles. The van der Waals surface area contributed by atoms with Crippen LogP contribution in [0.2, 0.25) is 0 Å². The number of carboxylic acid groups (broad SMARTS) is 2. The Hall–Kier alpha value is -5.42. The zero-order valence-corrected chi connectivity index (χ0v) is 22.6. The van der Waals surface area contributed by atoms with Gasteiger partial charge in [-0.15, -0.1) is 11.3 Å². The first kappa shape index (κ1) is 25.8. The van der Waals surface area contributed by atoms with Crippen LogP contribution in [0.25, 0.3) is 55.2 Å². The van der Waals surface area contributed by atoms with E-state index in [1.807, 2.05) is 55.1 Å². The van der Waals surface area contributed by atoms with E-state index in [0.29, 0.717) is 11.4 Å². The van der Waals surface area contributed by atoms with Gasteiger partial charge in [-0.3, -0.25) is 9.97 Å². The second-order valence-corrected chi connectivity index (χ2v) is 10.3.